The highest BCUT2D eigenvalue weighted by Crippen LogP contribution is 2.27. The highest BCUT2D eigenvalue weighted by Gasteiger charge is 2.15. The molecule has 1 aromatic heterocycles. The van der Waals surface area contributed by atoms with Gasteiger partial charge in [-0.15, -0.1) is 0 Å². The maximum Gasteiger partial charge on any atom is 0.0762 e. The van der Waals surface area contributed by atoms with Gasteiger partial charge in [-0.2, -0.15) is 5.10 Å². The van der Waals surface area contributed by atoms with Crippen molar-refractivity contribution in [2.24, 2.45) is 5.92 Å². The van der Waals surface area contributed by atoms with Crippen LogP contribution in [0.15, 0.2) is 12.3 Å². The molecule has 0 amide bonds. The molecule has 0 radical (unpaired) electrons. The van der Waals surface area contributed by atoms with Gasteiger partial charge in [0.05, 0.1) is 11.7 Å². The van der Waals surface area contributed by atoms with Gasteiger partial charge in [-0.05, 0) is 37.8 Å². The molecule has 114 valence electrons. The van der Waals surface area contributed by atoms with Gasteiger partial charge in [-0.1, -0.05) is 46.0 Å². The van der Waals surface area contributed by atoms with Gasteiger partial charge in [0.25, 0.3) is 0 Å². The lowest BCUT2D eigenvalue weighted by atomic mass is 9.96. The molecule has 0 aliphatic heterocycles. The summed E-state index contributed by atoms with van der Waals surface area (Å²) in [6.07, 6.45) is 12.9. The molecule has 1 N–H and O–H groups in total. The molecule has 0 saturated heterocycles. The van der Waals surface area contributed by atoms with E-state index >= 15 is 0 Å². The first-order valence-electron chi connectivity index (χ1n) is 8.50. The lowest BCUT2D eigenvalue weighted by molar-refractivity contribution is 0.327. The first-order chi connectivity index (χ1) is 9.75. The molecule has 2 rings (SSSR count). The van der Waals surface area contributed by atoms with E-state index in [0.717, 1.165) is 19.0 Å². The predicted molar refractivity (Wildman–Crippen MR) is 84.7 cm³/mol. The zero-order chi connectivity index (χ0) is 14.2. The molecule has 1 fully saturated rings. The molecule has 1 heterocycles. The fourth-order valence-electron chi connectivity index (χ4n) is 3.04. The number of nitrogens with one attached hydrogen (secondary N) is 1. The average Bonchev–Trinajstić information content (AvgIpc) is 2.92. The van der Waals surface area contributed by atoms with Crippen molar-refractivity contribution in [1.29, 1.82) is 0 Å². The highest BCUT2D eigenvalue weighted by atomic mass is 15.3. The van der Waals surface area contributed by atoms with Crippen LogP contribution in [-0.2, 0) is 6.54 Å². The van der Waals surface area contributed by atoms with Crippen LogP contribution in [0.4, 0.5) is 0 Å². The van der Waals surface area contributed by atoms with Gasteiger partial charge < -0.3 is 5.32 Å². The third-order valence-electron chi connectivity index (χ3n) is 4.30. The van der Waals surface area contributed by atoms with Crippen LogP contribution in [0.25, 0.3) is 0 Å². The minimum atomic E-state index is 0.656. The zero-order valence-corrected chi connectivity index (χ0v) is 13.3. The summed E-state index contributed by atoms with van der Waals surface area (Å²) < 4.78 is 2.20. The molecule has 0 aromatic carbocycles. The van der Waals surface area contributed by atoms with Gasteiger partial charge in [-0.25, -0.2) is 0 Å². The van der Waals surface area contributed by atoms with E-state index in [1.165, 1.54) is 57.1 Å². The summed E-state index contributed by atoms with van der Waals surface area (Å²) in [6.45, 7) is 6.63. The Labute approximate surface area is 124 Å². The molecule has 3 nitrogen and oxygen atoms in total. The minimum Gasteiger partial charge on any atom is -0.311 e. The molecular weight excluding hydrogens is 246 g/mol. The second-order valence-corrected chi connectivity index (χ2v) is 6.65. The number of hydrogen-bond acceptors (Lipinski definition) is 2. The smallest absolute Gasteiger partial charge is 0.0762 e. The fourth-order valence-corrected chi connectivity index (χ4v) is 3.04. The Morgan fingerprint density at radius 3 is 2.80 bits per heavy atom. The topological polar surface area (TPSA) is 29.9 Å². The van der Waals surface area contributed by atoms with Gasteiger partial charge in [-0.3, -0.25) is 4.68 Å². The van der Waals surface area contributed by atoms with Crippen molar-refractivity contribution < 1.29 is 0 Å². The predicted octanol–water partition coefficient (Wildman–Crippen LogP) is 4.30. The molecule has 1 aliphatic rings. The molecule has 1 aliphatic carbocycles. The molecule has 0 spiro atoms. The maximum absolute atomic E-state index is 4.73. The second kappa shape index (κ2) is 8.46. The summed E-state index contributed by atoms with van der Waals surface area (Å²) in [5.41, 5.74) is 1.19. The first-order valence-corrected chi connectivity index (χ1v) is 8.50. The Hall–Kier alpha value is -0.830. The van der Waals surface area contributed by atoms with Crippen LogP contribution >= 0.6 is 0 Å². The van der Waals surface area contributed by atoms with Crippen molar-refractivity contribution in [1.82, 2.24) is 15.1 Å². The Bertz CT molecular complexity index is 364. The third kappa shape index (κ3) is 5.28. The van der Waals surface area contributed by atoms with E-state index in [2.05, 4.69) is 36.1 Å². The second-order valence-electron chi connectivity index (χ2n) is 6.65. The highest BCUT2D eigenvalue weighted by molar-refractivity contribution is 4.99. The standard InChI is InChI=1S/C17H31N3/c1-15(2)8-6-7-12-18-14-16-11-13-20(19-16)17-9-4-3-5-10-17/h11,13,15,17-18H,3-10,12,14H2,1-2H3. The van der Waals surface area contributed by atoms with Gasteiger partial charge in [0.1, 0.15) is 0 Å². The summed E-state index contributed by atoms with van der Waals surface area (Å²) in [4.78, 5) is 0. The molecule has 1 saturated carbocycles. The lowest BCUT2D eigenvalue weighted by Gasteiger charge is -2.21. The van der Waals surface area contributed by atoms with Crippen LogP contribution in [0.3, 0.4) is 0 Å². The van der Waals surface area contributed by atoms with Gasteiger partial charge in [0, 0.05) is 12.7 Å². The van der Waals surface area contributed by atoms with Crippen LogP contribution in [-0.4, -0.2) is 16.3 Å². The van der Waals surface area contributed by atoms with E-state index in [4.69, 9.17) is 5.10 Å². The summed E-state index contributed by atoms with van der Waals surface area (Å²) in [7, 11) is 0. The van der Waals surface area contributed by atoms with E-state index in [9.17, 15) is 0 Å². The molecule has 20 heavy (non-hydrogen) atoms. The van der Waals surface area contributed by atoms with Crippen molar-refractivity contribution in [3.05, 3.63) is 18.0 Å². The number of unbranched alkanes of at least 4 members (excludes halogenated alkanes) is 1. The van der Waals surface area contributed by atoms with E-state index in [1.54, 1.807) is 0 Å². The number of hydrogen-bond donors (Lipinski definition) is 1. The molecule has 0 atom stereocenters. The Kier molecular flexibility index (Phi) is 6.58. The van der Waals surface area contributed by atoms with Crippen molar-refractivity contribution in [2.45, 2.75) is 77.8 Å². The van der Waals surface area contributed by atoms with E-state index in [0.29, 0.717) is 6.04 Å². The zero-order valence-electron chi connectivity index (χ0n) is 13.3. The molecule has 1 aromatic rings. The van der Waals surface area contributed by atoms with Crippen LogP contribution in [0, 0.1) is 5.92 Å². The largest absolute Gasteiger partial charge is 0.311 e. The van der Waals surface area contributed by atoms with Crippen molar-refractivity contribution >= 4 is 0 Å². The summed E-state index contributed by atoms with van der Waals surface area (Å²) in [6, 6.07) is 2.83. The summed E-state index contributed by atoms with van der Waals surface area (Å²) in [5, 5.41) is 8.25. The molecular formula is C17H31N3. The van der Waals surface area contributed by atoms with Crippen LogP contribution in [0.5, 0.6) is 0 Å². The van der Waals surface area contributed by atoms with Crippen LogP contribution in [0.2, 0.25) is 0 Å². The van der Waals surface area contributed by atoms with E-state index in [-0.39, 0.29) is 0 Å². The minimum absolute atomic E-state index is 0.656. The quantitative estimate of drug-likeness (QED) is 0.718. The average molecular weight is 277 g/mol. The van der Waals surface area contributed by atoms with Crippen LogP contribution in [0.1, 0.15) is 76.9 Å². The summed E-state index contributed by atoms with van der Waals surface area (Å²) >= 11 is 0. The van der Waals surface area contributed by atoms with E-state index in [1.807, 2.05) is 0 Å². The number of rotatable bonds is 8. The SMILES string of the molecule is CC(C)CCCCNCc1ccn(C2CCCCC2)n1. The Balaban J connectivity index is 1.62. The third-order valence-corrected chi connectivity index (χ3v) is 4.30. The molecule has 0 bridgehead atoms. The van der Waals surface area contributed by atoms with Gasteiger partial charge in [0.15, 0.2) is 0 Å². The summed E-state index contributed by atoms with van der Waals surface area (Å²) in [5.74, 6) is 0.834. The number of nitrogens with zero attached hydrogens (tertiary/aromatic N) is 2. The lowest BCUT2D eigenvalue weighted by Crippen LogP contribution is -2.17. The normalized spacial score (nSPS) is 16.9. The monoisotopic (exact) mass is 277 g/mol. The van der Waals surface area contributed by atoms with Gasteiger partial charge >= 0.3 is 0 Å². The Morgan fingerprint density at radius 1 is 1.25 bits per heavy atom. The molecule has 0 unspecified atom stereocenters. The first kappa shape index (κ1) is 15.6. The van der Waals surface area contributed by atoms with Crippen molar-refractivity contribution in [3.63, 3.8) is 0 Å². The van der Waals surface area contributed by atoms with Crippen LogP contribution < -0.4 is 5.32 Å². The number of aromatic nitrogens is 2. The Morgan fingerprint density at radius 2 is 2.05 bits per heavy atom. The van der Waals surface area contributed by atoms with Gasteiger partial charge in [0.2, 0.25) is 0 Å². The van der Waals surface area contributed by atoms with E-state index < -0.39 is 0 Å². The van der Waals surface area contributed by atoms with Crippen molar-refractivity contribution in [2.75, 3.05) is 6.54 Å². The van der Waals surface area contributed by atoms with Crippen molar-refractivity contribution in [3.8, 4) is 0 Å². The molecule has 3 heteroatoms. The maximum atomic E-state index is 4.73. The fraction of sp³-hybridized carbons (Fsp3) is 0.824.